The first kappa shape index (κ1) is 17.7. The highest BCUT2D eigenvalue weighted by Gasteiger charge is 2.27. The number of benzene rings is 1. The van der Waals surface area contributed by atoms with Gasteiger partial charge in [-0.05, 0) is 42.7 Å². The molecule has 2 rings (SSSR count). The highest BCUT2D eigenvalue weighted by atomic mass is 35.5. The number of aliphatic carboxylic acids is 1. The first-order chi connectivity index (χ1) is 10.8. The van der Waals surface area contributed by atoms with Gasteiger partial charge in [-0.3, -0.25) is 9.59 Å². The maximum absolute atomic E-state index is 12.3. The van der Waals surface area contributed by atoms with E-state index < -0.39 is 22.0 Å². The van der Waals surface area contributed by atoms with Crippen LogP contribution in [-0.2, 0) is 19.6 Å². The molecule has 1 aromatic rings. The molecule has 0 bridgehead atoms. The summed E-state index contributed by atoms with van der Waals surface area (Å²) >= 11 is 5.74. The molecule has 1 aliphatic rings. The second-order valence-electron chi connectivity index (χ2n) is 5.27. The second-order valence-corrected chi connectivity index (χ2v) is 7.42. The average molecular weight is 358 g/mol. The van der Waals surface area contributed by atoms with Crippen LogP contribution in [0, 0.1) is 0 Å². The molecular weight excluding hydrogens is 342 g/mol. The minimum Gasteiger partial charge on any atom is -0.481 e. The fourth-order valence-corrected chi connectivity index (χ4v) is 3.75. The fourth-order valence-electron chi connectivity index (χ4n) is 2.36. The molecule has 0 spiro atoms. The van der Waals surface area contributed by atoms with E-state index in [0.717, 1.165) is 0 Å². The second kappa shape index (κ2) is 7.25. The first-order valence-electron chi connectivity index (χ1n) is 7.00. The quantitative estimate of drug-likeness (QED) is 0.786. The highest BCUT2D eigenvalue weighted by molar-refractivity contribution is 7.89. The third kappa shape index (κ3) is 4.89. The maximum Gasteiger partial charge on any atom is 0.307 e. The molecule has 124 valence electrons. The molecule has 0 radical (unpaired) electrons. The molecule has 8 heteroatoms. The fraction of sp³-hybridized carbons (Fsp3) is 0.333. The number of carboxylic acid groups (broad SMARTS) is 1. The predicted molar refractivity (Wildman–Crippen MR) is 84.8 cm³/mol. The number of halogens is 1. The van der Waals surface area contributed by atoms with Gasteiger partial charge in [0.05, 0.1) is 11.3 Å². The van der Waals surface area contributed by atoms with Crippen molar-refractivity contribution < 1.29 is 23.1 Å². The molecule has 0 aromatic heterocycles. The van der Waals surface area contributed by atoms with Crippen molar-refractivity contribution in [2.45, 2.75) is 36.6 Å². The Labute approximate surface area is 139 Å². The molecule has 1 unspecified atom stereocenters. The minimum absolute atomic E-state index is 0.0925. The summed E-state index contributed by atoms with van der Waals surface area (Å²) in [6.45, 7) is 0. The lowest BCUT2D eigenvalue weighted by molar-refractivity contribution is -0.136. The average Bonchev–Trinajstić information content (AvgIpc) is 2.48. The van der Waals surface area contributed by atoms with E-state index in [-0.39, 0.29) is 29.9 Å². The summed E-state index contributed by atoms with van der Waals surface area (Å²) in [7, 11) is -3.71. The van der Waals surface area contributed by atoms with E-state index in [9.17, 15) is 18.0 Å². The molecular formula is C15H16ClNO5S. The Kier molecular flexibility index (Phi) is 5.56. The van der Waals surface area contributed by atoms with E-state index in [1.807, 2.05) is 0 Å². The third-order valence-corrected chi connectivity index (χ3v) is 5.30. The van der Waals surface area contributed by atoms with E-state index in [1.165, 1.54) is 30.3 Å². The van der Waals surface area contributed by atoms with Crippen LogP contribution < -0.4 is 4.72 Å². The lowest BCUT2D eigenvalue weighted by Gasteiger charge is -2.24. The van der Waals surface area contributed by atoms with Crippen LogP contribution in [-0.4, -0.2) is 31.3 Å². The number of hydrogen-bond donors (Lipinski definition) is 2. The lowest BCUT2D eigenvalue weighted by atomic mass is 9.89. The summed E-state index contributed by atoms with van der Waals surface area (Å²) in [5.41, 5.74) is 0.363. The van der Waals surface area contributed by atoms with E-state index in [0.29, 0.717) is 17.0 Å². The van der Waals surface area contributed by atoms with Gasteiger partial charge in [-0.15, -0.1) is 0 Å². The summed E-state index contributed by atoms with van der Waals surface area (Å²) in [5.74, 6) is -1.16. The molecule has 1 atom stereocenters. The normalized spacial score (nSPS) is 20.7. The highest BCUT2D eigenvalue weighted by Crippen LogP contribution is 2.23. The molecule has 1 fully saturated rings. The monoisotopic (exact) mass is 357 g/mol. The maximum atomic E-state index is 12.3. The number of carboxylic acids is 1. The molecule has 0 amide bonds. The Morgan fingerprint density at radius 3 is 2.61 bits per heavy atom. The Morgan fingerprint density at radius 1 is 1.35 bits per heavy atom. The van der Waals surface area contributed by atoms with Gasteiger partial charge in [-0.25, -0.2) is 13.1 Å². The largest absolute Gasteiger partial charge is 0.481 e. The van der Waals surface area contributed by atoms with Gasteiger partial charge in [0.25, 0.3) is 0 Å². The zero-order valence-corrected chi connectivity index (χ0v) is 13.7. The van der Waals surface area contributed by atoms with Crippen molar-refractivity contribution in [3.63, 3.8) is 0 Å². The first-order valence-corrected chi connectivity index (χ1v) is 8.86. The van der Waals surface area contributed by atoms with Crippen molar-refractivity contribution in [1.29, 1.82) is 0 Å². The van der Waals surface area contributed by atoms with E-state index >= 15 is 0 Å². The predicted octanol–water partition coefficient (Wildman–Crippen LogP) is 2.14. The summed E-state index contributed by atoms with van der Waals surface area (Å²) < 4.78 is 27.2. The van der Waals surface area contributed by atoms with Crippen LogP contribution in [0.2, 0.25) is 5.02 Å². The van der Waals surface area contributed by atoms with Crippen molar-refractivity contribution in [3.05, 3.63) is 40.9 Å². The van der Waals surface area contributed by atoms with Gasteiger partial charge in [-0.2, -0.15) is 0 Å². The smallest absolute Gasteiger partial charge is 0.307 e. The number of sulfonamides is 1. The van der Waals surface area contributed by atoms with Crippen LogP contribution in [0.25, 0.3) is 0 Å². The van der Waals surface area contributed by atoms with Gasteiger partial charge in [0.1, 0.15) is 0 Å². The number of nitrogens with one attached hydrogen (secondary N) is 1. The molecule has 2 N–H and O–H groups in total. The Balaban J connectivity index is 2.10. The number of hydrogen-bond acceptors (Lipinski definition) is 4. The van der Waals surface area contributed by atoms with Crippen LogP contribution in [0.4, 0.5) is 0 Å². The van der Waals surface area contributed by atoms with Gasteiger partial charge in [0.2, 0.25) is 10.0 Å². The van der Waals surface area contributed by atoms with Crippen LogP contribution in [0.5, 0.6) is 0 Å². The Morgan fingerprint density at radius 2 is 2.00 bits per heavy atom. The summed E-state index contributed by atoms with van der Waals surface area (Å²) in [6.07, 6.45) is 1.87. The van der Waals surface area contributed by atoms with Gasteiger partial charge >= 0.3 is 5.97 Å². The summed E-state index contributed by atoms with van der Waals surface area (Å²) in [5, 5.41) is 9.11. The van der Waals surface area contributed by atoms with Crippen LogP contribution in [0.15, 0.2) is 40.8 Å². The molecule has 0 aliphatic heterocycles. The lowest BCUT2D eigenvalue weighted by Crippen LogP contribution is -2.38. The van der Waals surface area contributed by atoms with Crippen molar-refractivity contribution in [3.8, 4) is 0 Å². The molecule has 0 saturated heterocycles. The molecule has 1 saturated carbocycles. The number of ketones is 1. The van der Waals surface area contributed by atoms with E-state index in [1.54, 1.807) is 0 Å². The van der Waals surface area contributed by atoms with Crippen LogP contribution in [0.3, 0.4) is 0 Å². The SMILES string of the molecule is O=C(O)CC=C1CC(NS(=O)(=O)c2ccc(Cl)cc2)CCC1=O. The Hall–Kier alpha value is -1.70. The molecule has 23 heavy (non-hydrogen) atoms. The van der Waals surface area contributed by atoms with Gasteiger partial charge in [0.15, 0.2) is 5.78 Å². The van der Waals surface area contributed by atoms with Gasteiger partial charge in [-0.1, -0.05) is 17.7 Å². The van der Waals surface area contributed by atoms with Crippen molar-refractivity contribution in [1.82, 2.24) is 4.72 Å². The topological polar surface area (TPSA) is 101 Å². The molecule has 1 aromatic carbocycles. The van der Waals surface area contributed by atoms with Crippen LogP contribution in [0.1, 0.15) is 25.7 Å². The number of Topliss-reactive ketones (excluding diaryl/α,β-unsaturated/α-hetero) is 1. The number of rotatable bonds is 5. The summed E-state index contributed by atoms with van der Waals surface area (Å²) in [6, 6.07) is 5.34. The standard InChI is InChI=1S/C15H16ClNO5S/c16-11-2-5-13(6-3-11)23(21,22)17-12-4-7-14(18)10(9-12)1-8-15(19)20/h1-3,5-6,12,17H,4,7-9H2,(H,19,20). The van der Waals surface area contributed by atoms with Crippen molar-refractivity contribution in [2.24, 2.45) is 0 Å². The molecule has 1 aliphatic carbocycles. The van der Waals surface area contributed by atoms with Gasteiger partial charge in [0, 0.05) is 17.5 Å². The minimum atomic E-state index is -3.71. The number of carbonyl (C=O) groups is 2. The van der Waals surface area contributed by atoms with E-state index in [4.69, 9.17) is 16.7 Å². The summed E-state index contributed by atoms with van der Waals surface area (Å²) in [4.78, 5) is 22.5. The molecule has 0 heterocycles. The third-order valence-electron chi connectivity index (χ3n) is 3.51. The molecule has 6 nitrogen and oxygen atoms in total. The Bertz CT molecular complexity index is 740. The zero-order chi connectivity index (χ0) is 17.0. The van der Waals surface area contributed by atoms with Crippen molar-refractivity contribution in [2.75, 3.05) is 0 Å². The number of carbonyl (C=O) groups excluding carboxylic acids is 1. The van der Waals surface area contributed by atoms with Crippen molar-refractivity contribution >= 4 is 33.4 Å². The zero-order valence-electron chi connectivity index (χ0n) is 12.2. The van der Waals surface area contributed by atoms with Gasteiger partial charge < -0.3 is 5.11 Å². The van der Waals surface area contributed by atoms with Crippen LogP contribution >= 0.6 is 11.6 Å². The van der Waals surface area contributed by atoms with E-state index in [2.05, 4.69) is 4.72 Å².